The minimum absolute atomic E-state index is 0.608. The molecule has 24 heavy (non-hydrogen) atoms. The van der Waals surface area contributed by atoms with Crippen molar-refractivity contribution < 1.29 is 0 Å². The number of halogens is 1. The first-order chi connectivity index (χ1) is 11.7. The summed E-state index contributed by atoms with van der Waals surface area (Å²) in [6, 6.07) is 16.6. The number of hydrogen-bond acceptors (Lipinski definition) is 3. The molecule has 1 aliphatic rings. The van der Waals surface area contributed by atoms with E-state index in [0.717, 1.165) is 40.0 Å². The average molecular weight is 400 g/mol. The molecule has 0 aliphatic carbocycles. The van der Waals surface area contributed by atoms with Crippen molar-refractivity contribution in [2.75, 3.05) is 18.0 Å². The van der Waals surface area contributed by atoms with E-state index in [2.05, 4.69) is 55.7 Å². The molecule has 0 saturated carbocycles. The molecule has 0 unspecified atom stereocenters. The van der Waals surface area contributed by atoms with Crippen molar-refractivity contribution in [1.29, 1.82) is 0 Å². The van der Waals surface area contributed by atoms with Crippen LogP contribution in [0.4, 0.5) is 5.82 Å². The second-order valence-electron chi connectivity index (χ2n) is 6.10. The maximum Gasteiger partial charge on any atom is 0.206 e. The lowest BCUT2D eigenvalue weighted by Crippen LogP contribution is -2.30. The second-order valence-corrected chi connectivity index (χ2v) is 7.38. The first-order valence-corrected chi connectivity index (χ1v) is 9.47. The maximum atomic E-state index is 5.66. The van der Waals surface area contributed by atoms with E-state index >= 15 is 0 Å². The molecule has 0 bridgehead atoms. The molecule has 1 saturated heterocycles. The Balaban J connectivity index is 2.00. The lowest BCUT2D eigenvalue weighted by Gasteiger charge is -2.29. The molecule has 1 fully saturated rings. The zero-order valence-corrected chi connectivity index (χ0v) is 15.7. The highest BCUT2D eigenvalue weighted by Crippen LogP contribution is 2.31. The van der Waals surface area contributed by atoms with Crippen molar-refractivity contribution in [3.05, 3.63) is 57.8 Å². The van der Waals surface area contributed by atoms with Gasteiger partial charge in [0.2, 0.25) is 4.77 Å². The molecule has 5 heteroatoms. The van der Waals surface area contributed by atoms with E-state index < -0.39 is 0 Å². The van der Waals surface area contributed by atoms with Crippen LogP contribution in [0.15, 0.2) is 53.0 Å². The molecule has 2 aromatic carbocycles. The number of para-hydroxylation sites is 1. The predicted octanol–water partition coefficient (Wildman–Crippen LogP) is 5.51. The van der Waals surface area contributed by atoms with Crippen LogP contribution in [-0.2, 0) is 0 Å². The number of nitrogens with zero attached hydrogens (tertiary/aromatic N) is 3. The number of anilines is 1. The van der Waals surface area contributed by atoms with Crippen LogP contribution in [-0.4, -0.2) is 22.6 Å². The van der Waals surface area contributed by atoms with Gasteiger partial charge in [0.15, 0.2) is 0 Å². The molecule has 1 aliphatic heterocycles. The van der Waals surface area contributed by atoms with E-state index in [1.54, 1.807) is 0 Å². The fourth-order valence-corrected chi connectivity index (χ4v) is 4.01. The summed E-state index contributed by atoms with van der Waals surface area (Å²) in [5.41, 5.74) is 2.15. The number of hydrogen-bond donors (Lipinski definition) is 0. The van der Waals surface area contributed by atoms with Crippen molar-refractivity contribution in [1.82, 2.24) is 9.55 Å². The van der Waals surface area contributed by atoms with E-state index in [1.807, 2.05) is 18.2 Å². The number of fused-ring (bicyclic) bond motifs is 1. The molecule has 4 rings (SSSR count). The van der Waals surface area contributed by atoms with Crippen LogP contribution in [0.3, 0.4) is 0 Å². The summed E-state index contributed by atoms with van der Waals surface area (Å²) in [6.07, 6.45) is 3.74. The van der Waals surface area contributed by atoms with Crippen LogP contribution < -0.4 is 4.90 Å². The molecular weight excluding hydrogens is 382 g/mol. The SMILES string of the molecule is S=c1nc(N2CCCCC2)c2cc(Br)ccc2n1-c1ccccc1. The van der Waals surface area contributed by atoms with Gasteiger partial charge in [0.05, 0.1) is 5.52 Å². The highest BCUT2D eigenvalue weighted by Gasteiger charge is 2.18. The molecule has 3 aromatic rings. The largest absolute Gasteiger partial charge is 0.356 e. The third-order valence-corrected chi connectivity index (χ3v) is 5.27. The molecule has 0 amide bonds. The molecular formula is C19H18BrN3S. The van der Waals surface area contributed by atoms with E-state index in [4.69, 9.17) is 17.2 Å². The molecule has 0 radical (unpaired) electrons. The molecule has 0 atom stereocenters. The van der Waals surface area contributed by atoms with Gasteiger partial charge in [-0.25, -0.2) is 4.98 Å². The van der Waals surface area contributed by atoms with Gasteiger partial charge in [-0.05, 0) is 61.8 Å². The first kappa shape index (κ1) is 15.8. The third-order valence-electron chi connectivity index (χ3n) is 4.50. The molecule has 122 valence electrons. The Kier molecular flexibility index (Phi) is 4.37. The standard InChI is InChI=1S/C19H18BrN3S/c20-14-9-10-17-16(13-14)18(22-11-5-2-6-12-22)21-19(24)23(17)15-7-3-1-4-8-15/h1,3-4,7-10,13H,2,5-6,11-12H2. The summed E-state index contributed by atoms with van der Waals surface area (Å²) in [4.78, 5) is 7.20. The van der Waals surface area contributed by atoms with Crippen molar-refractivity contribution >= 4 is 44.9 Å². The summed E-state index contributed by atoms with van der Waals surface area (Å²) in [6.45, 7) is 2.11. The number of aromatic nitrogens is 2. The smallest absolute Gasteiger partial charge is 0.206 e. The zero-order valence-electron chi connectivity index (χ0n) is 13.3. The monoisotopic (exact) mass is 399 g/mol. The Hall–Kier alpha value is -1.72. The number of rotatable bonds is 2. The molecule has 0 spiro atoms. The Morgan fingerprint density at radius 2 is 1.71 bits per heavy atom. The maximum absolute atomic E-state index is 5.66. The van der Waals surface area contributed by atoms with E-state index in [0.29, 0.717) is 4.77 Å². The van der Waals surface area contributed by atoms with Gasteiger partial charge in [-0.15, -0.1) is 0 Å². The van der Waals surface area contributed by atoms with Crippen LogP contribution >= 0.6 is 28.1 Å². The quantitative estimate of drug-likeness (QED) is 0.530. The van der Waals surface area contributed by atoms with Gasteiger partial charge in [-0.3, -0.25) is 4.57 Å². The van der Waals surface area contributed by atoms with Gasteiger partial charge < -0.3 is 4.90 Å². The number of benzene rings is 2. The zero-order chi connectivity index (χ0) is 16.5. The van der Waals surface area contributed by atoms with Crippen molar-refractivity contribution in [2.24, 2.45) is 0 Å². The average Bonchev–Trinajstić information content (AvgIpc) is 2.63. The topological polar surface area (TPSA) is 21.1 Å². The van der Waals surface area contributed by atoms with Crippen molar-refractivity contribution in [3.8, 4) is 5.69 Å². The van der Waals surface area contributed by atoms with E-state index in [9.17, 15) is 0 Å². The summed E-state index contributed by atoms with van der Waals surface area (Å²) in [5.74, 6) is 1.02. The Labute approximate surface area is 155 Å². The minimum atomic E-state index is 0.608. The van der Waals surface area contributed by atoms with Gasteiger partial charge in [-0.1, -0.05) is 34.1 Å². The molecule has 0 N–H and O–H groups in total. The molecule has 3 nitrogen and oxygen atoms in total. The predicted molar refractivity (Wildman–Crippen MR) is 106 cm³/mol. The van der Waals surface area contributed by atoms with Gasteiger partial charge in [0, 0.05) is 28.6 Å². The highest BCUT2D eigenvalue weighted by molar-refractivity contribution is 9.10. The summed E-state index contributed by atoms with van der Waals surface area (Å²) < 4.78 is 3.73. The van der Waals surface area contributed by atoms with Gasteiger partial charge >= 0.3 is 0 Å². The molecule has 2 heterocycles. The Morgan fingerprint density at radius 3 is 2.46 bits per heavy atom. The van der Waals surface area contributed by atoms with Crippen molar-refractivity contribution in [3.63, 3.8) is 0 Å². The summed E-state index contributed by atoms with van der Waals surface area (Å²) >= 11 is 9.27. The van der Waals surface area contributed by atoms with Crippen molar-refractivity contribution in [2.45, 2.75) is 19.3 Å². The van der Waals surface area contributed by atoms with Gasteiger partial charge in [-0.2, -0.15) is 0 Å². The van der Waals surface area contributed by atoms with Crippen LogP contribution in [0.5, 0.6) is 0 Å². The number of piperidine rings is 1. The van der Waals surface area contributed by atoms with E-state index in [-0.39, 0.29) is 0 Å². The third kappa shape index (κ3) is 2.87. The van der Waals surface area contributed by atoms with Gasteiger partial charge in [0.25, 0.3) is 0 Å². The van der Waals surface area contributed by atoms with Crippen LogP contribution in [0.25, 0.3) is 16.6 Å². The van der Waals surface area contributed by atoms with E-state index in [1.165, 1.54) is 19.3 Å². The van der Waals surface area contributed by atoms with Crippen LogP contribution in [0.1, 0.15) is 19.3 Å². The van der Waals surface area contributed by atoms with Crippen LogP contribution in [0, 0.1) is 4.77 Å². The molecule has 1 aromatic heterocycles. The lowest BCUT2D eigenvalue weighted by atomic mass is 10.1. The summed E-state index contributed by atoms with van der Waals surface area (Å²) in [5, 5.41) is 1.14. The Bertz CT molecular complexity index is 930. The summed E-state index contributed by atoms with van der Waals surface area (Å²) in [7, 11) is 0. The second kappa shape index (κ2) is 6.65. The highest BCUT2D eigenvalue weighted by atomic mass is 79.9. The lowest BCUT2D eigenvalue weighted by molar-refractivity contribution is 0.574. The normalized spacial score (nSPS) is 15.0. The minimum Gasteiger partial charge on any atom is -0.356 e. The first-order valence-electron chi connectivity index (χ1n) is 8.27. The Morgan fingerprint density at radius 1 is 0.958 bits per heavy atom. The van der Waals surface area contributed by atoms with Gasteiger partial charge in [0.1, 0.15) is 5.82 Å². The fourth-order valence-electron chi connectivity index (χ4n) is 3.36. The fraction of sp³-hybridized carbons (Fsp3) is 0.263. The van der Waals surface area contributed by atoms with Crippen LogP contribution in [0.2, 0.25) is 0 Å².